The molecule has 0 bridgehead atoms. The molecule has 1 aromatic carbocycles. The molecule has 0 saturated heterocycles. The molecule has 0 amide bonds. The molecule has 1 aliphatic heterocycles. The molecule has 0 aliphatic carbocycles. The Morgan fingerprint density at radius 2 is 1.82 bits per heavy atom. The molecule has 3 heteroatoms. The highest BCUT2D eigenvalue weighted by atomic mass is 127. The van der Waals surface area contributed by atoms with Gasteiger partial charge in [0.25, 0.3) is 0 Å². The minimum atomic E-state index is -1.44. The minimum absolute atomic E-state index is 0.205. The van der Waals surface area contributed by atoms with Crippen LogP contribution in [0.3, 0.4) is 0 Å². The quantitative estimate of drug-likeness (QED) is 0.136. The third kappa shape index (κ3) is 7.02. The molecular weight excluding hydrogens is 541 g/mol. The van der Waals surface area contributed by atoms with Crippen LogP contribution < -0.4 is 5.32 Å². The molecule has 34 heavy (non-hydrogen) atoms. The summed E-state index contributed by atoms with van der Waals surface area (Å²) in [4.78, 5) is 0. The molecule has 0 radical (unpaired) electrons. The van der Waals surface area contributed by atoms with E-state index in [0.29, 0.717) is 17.3 Å². The molecule has 0 fully saturated rings. The van der Waals surface area contributed by atoms with Gasteiger partial charge in [-0.15, -0.1) is 21.8 Å². The van der Waals surface area contributed by atoms with Gasteiger partial charge in [0.2, 0.25) is 0 Å². The van der Waals surface area contributed by atoms with Crippen molar-refractivity contribution in [3.8, 4) is 0 Å². The minimum Gasteiger partial charge on any atom is -0.385 e. The number of benzene rings is 1. The van der Waals surface area contributed by atoms with Gasteiger partial charge < -0.3 is 5.32 Å². The molecular formula is C31H52INSi. The second-order valence-electron chi connectivity index (χ2n) is 11.7. The summed E-state index contributed by atoms with van der Waals surface area (Å²) < 4.78 is 0. The number of halogens is 1. The van der Waals surface area contributed by atoms with E-state index in [0.717, 1.165) is 6.42 Å². The van der Waals surface area contributed by atoms with Crippen LogP contribution in [-0.2, 0) is 0 Å². The summed E-state index contributed by atoms with van der Waals surface area (Å²) in [6.45, 7) is 19.7. The number of nitrogens with one attached hydrogen (secondary N) is 1. The van der Waals surface area contributed by atoms with E-state index >= 15 is 0 Å². The van der Waals surface area contributed by atoms with Crippen LogP contribution in [0, 0.1) is 17.3 Å². The summed E-state index contributed by atoms with van der Waals surface area (Å²) >= 11 is 2.87. The highest BCUT2D eigenvalue weighted by molar-refractivity contribution is 14.1. The average Bonchev–Trinajstić information content (AvgIpc) is 2.79. The number of hydrogen-bond acceptors (Lipinski definition) is 1. The van der Waals surface area contributed by atoms with Crippen LogP contribution in [0.25, 0.3) is 5.57 Å². The van der Waals surface area contributed by atoms with E-state index in [1.54, 1.807) is 5.20 Å². The van der Waals surface area contributed by atoms with Gasteiger partial charge in [0.1, 0.15) is 0 Å². The Bertz CT molecular complexity index is 814. The van der Waals surface area contributed by atoms with Gasteiger partial charge in [-0.2, -0.15) is 0 Å². The SMILES string of the molecule is CC/C=C(\CCC(C)CC(C)(CCC)C1(C(C)CCC)C[Si](C)(I)C(C)=CN1)c1ccccc1. The lowest BCUT2D eigenvalue weighted by molar-refractivity contribution is 0.0351. The van der Waals surface area contributed by atoms with Crippen molar-refractivity contribution in [2.45, 2.75) is 118 Å². The van der Waals surface area contributed by atoms with Gasteiger partial charge in [-0.25, -0.2) is 0 Å². The number of rotatable bonds is 13. The molecule has 5 unspecified atom stereocenters. The van der Waals surface area contributed by atoms with Gasteiger partial charge in [-0.1, -0.05) is 103 Å². The normalized spacial score (nSPS) is 26.9. The summed E-state index contributed by atoms with van der Waals surface area (Å²) in [6, 6.07) is 12.4. The molecule has 0 spiro atoms. The zero-order valence-corrected chi connectivity index (χ0v) is 26.6. The lowest BCUT2D eigenvalue weighted by atomic mass is 9.59. The van der Waals surface area contributed by atoms with Crippen molar-refractivity contribution in [3.63, 3.8) is 0 Å². The smallest absolute Gasteiger partial charge is 0.152 e. The Morgan fingerprint density at radius 1 is 1.15 bits per heavy atom. The first-order chi connectivity index (χ1) is 16.0. The van der Waals surface area contributed by atoms with Gasteiger partial charge in [0, 0.05) is 5.54 Å². The predicted molar refractivity (Wildman–Crippen MR) is 165 cm³/mol. The molecule has 5 atom stereocenters. The van der Waals surface area contributed by atoms with Crippen molar-refractivity contribution in [1.82, 2.24) is 5.32 Å². The largest absolute Gasteiger partial charge is 0.385 e. The number of allylic oxidation sites excluding steroid dienone is 3. The second-order valence-corrected chi connectivity index (χ2v) is 22.3. The van der Waals surface area contributed by atoms with Gasteiger partial charge in [-0.05, 0) is 86.1 Å². The van der Waals surface area contributed by atoms with Crippen molar-refractivity contribution in [2.75, 3.05) is 0 Å². The van der Waals surface area contributed by atoms with Crippen molar-refractivity contribution in [3.05, 3.63) is 53.4 Å². The Morgan fingerprint density at radius 3 is 2.38 bits per heavy atom. The van der Waals surface area contributed by atoms with E-state index in [9.17, 15) is 0 Å². The Hall–Kier alpha value is -0.553. The zero-order chi connectivity index (χ0) is 25.4. The maximum absolute atomic E-state index is 4.12. The molecule has 0 aromatic heterocycles. The first-order valence-corrected chi connectivity index (χ1v) is 19.8. The van der Waals surface area contributed by atoms with E-state index < -0.39 is 5.57 Å². The van der Waals surface area contributed by atoms with Crippen LogP contribution in [0.1, 0.15) is 105 Å². The summed E-state index contributed by atoms with van der Waals surface area (Å²) in [7, 11) is 0. The molecule has 1 nitrogen and oxygen atoms in total. The fourth-order valence-corrected chi connectivity index (χ4v) is 11.5. The Balaban J connectivity index is 2.30. The van der Waals surface area contributed by atoms with Crippen molar-refractivity contribution < 1.29 is 0 Å². The van der Waals surface area contributed by atoms with Crippen LogP contribution in [0.4, 0.5) is 0 Å². The van der Waals surface area contributed by atoms with E-state index in [1.165, 1.54) is 62.1 Å². The third-order valence-electron chi connectivity index (χ3n) is 8.72. The molecule has 1 aliphatic rings. The lowest BCUT2D eigenvalue weighted by Crippen LogP contribution is -2.65. The Kier molecular flexibility index (Phi) is 11.5. The highest BCUT2D eigenvalue weighted by Crippen LogP contribution is 2.54. The third-order valence-corrected chi connectivity index (χ3v) is 15.4. The van der Waals surface area contributed by atoms with Gasteiger partial charge in [0.05, 0.1) is 0 Å². The zero-order valence-electron chi connectivity index (χ0n) is 23.4. The predicted octanol–water partition coefficient (Wildman–Crippen LogP) is 10.3. The fourth-order valence-electron chi connectivity index (χ4n) is 6.67. The molecule has 1 N–H and O–H groups in total. The van der Waals surface area contributed by atoms with Crippen LogP contribution in [0.2, 0.25) is 12.6 Å². The van der Waals surface area contributed by atoms with Crippen molar-refractivity contribution in [2.24, 2.45) is 17.3 Å². The van der Waals surface area contributed by atoms with Gasteiger partial charge in [0.15, 0.2) is 5.57 Å². The van der Waals surface area contributed by atoms with Gasteiger partial charge >= 0.3 is 0 Å². The maximum Gasteiger partial charge on any atom is 0.152 e. The summed E-state index contributed by atoms with van der Waals surface area (Å²) in [6.07, 6.45) is 14.9. The fraction of sp³-hybridized carbons (Fsp3) is 0.677. The lowest BCUT2D eigenvalue weighted by Gasteiger charge is -2.58. The second kappa shape index (κ2) is 13.1. The van der Waals surface area contributed by atoms with Crippen molar-refractivity contribution in [1.29, 1.82) is 0 Å². The summed E-state index contributed by atoms with van der Waals surface area (Å²) in [5, 5.41) is 5.74. The van der Waals surface area contributed by atoms with Crippen LogP contribution in [-0.4, -0.2) is 11.1 Å². The van der Waals surface area contributed by atoms with E-state index in [-0.39, 0.29) is 5.54 Å². The first-order valence-electron chi connectivity index (χ1n) is 13.9. The summed E-state index contributed by atoms with van der Waals surface area (Å²) in [5.41, 5.74) is 2.00. The first kappa shape index (κ1) is 29.7. The highest BCUT2D eigenvalue weighted by Gasteiger charge is 2.55. The molecule has 192 valence electrons. The molecule has 1 aromatic rings. The maximum atomic E-state index is 4.12. The van der Waals surface area contributed by atoms with Crippen molar-refractivity contribution >= 4 is 32.9 Å². The topological polar surface area (TPSA) is 12.0 Å². The van der Waals surface area contributed by atoms with Crippen LogP contribution in [0.5, 0.6) is 0 Å². The van der Waals surface area contributed by atoms with E-state index in [1.807, 2.05) is 0 Å². The summed E-state index contributed by atoms with van der Waals surface area (Å²) in [5.74, 6) is 1.40. The standard InChI is InChI=1S/C31H52INSi/c1-9-15-26(5)31(24-34(8,32)27(6)23-33-31)30(7,21-11-3)22-25(4)19-20-28(16-10-2)29-17-13-12-14-18-29/h12-14,16-18,23,25-26,33H,9-11,15,19-22,24H2,1-8H3/b28-16+. The van der Waals surface area contributed by atoms with E-state index in [4.69, 9.17) is 0 Å². The average molecular weight is 594 g/mol. The molecule has 2 rings (SSSR count). The monoisotopic (exact) mass is 593 g/mol. The van der Waals surface area contributed by atoms with Gasteiger partial charge in [-0.3, -0.25) is 0 Å². The molecule has 1 heterocycles. The molecule has 0 saturated carbocycles. The Labute approximate surface area is 225 Å². The van der Waals surface area contributed by atoms with Crippen LogP contribution in [0.15, 0.2) is 47.8 Å². The van der Waals surface area contributed by atoms with E-state index in [2.05, 4.69) is 125 Å². The van der Waals surface area contributed by atoms with Crippen LogP contribution >= 0.6 is 21.8 Å². The number of hydrogen-bond donors (Lipinski definition) is 1.